The Bertz CT molecular complexity index is 720. The first kappa shape index (κ1) is 18.8. The Hall–Kier alpha value is -1.58. The molecule has 2 fully saturated rings. The van der Waals surface area contributed by atoms with Gasteiger partial charge in [-0.05, 0) is 80.8 Å². The highest BCUT2D eigenvalue weighted by molar-refractivity contribution is 5.67. The maximum Gasteiger partial charge on any atom is 0.307 e. The van der Waals surface area contributed by atoms with Crippen LogP contribution >= 0.6 is 0 Å². The standard InChI is InChI=1S/C23H32O4/c1-14(24)26-17-6-8-18-16(13-17)5-7-20-19(18)9-11-22(3)21(20)10-12-23(22,4)27-15(2)25/h5,13,18-21H,6-12H2,1-4H3/t18-,19+,20+,21-,22-,23?/m0/s1. The molecule has 1 unspecified atom stereocenters. The summed E-state index contributed by atoms with van der Waals surface area (Å²) in [5.41, 5.74) is 1.13. The average Bonchev–Trinajstić information content (AvgIpc) is 2.84. The van der Waals surface area contributed by atoms with E-state index in [9.17, 15) is 9.59 Å². The summed E-state index contributed by atoms with van der Waals surface area (Å²) in [4.78, 5) is 23.0. The summed E-state index contributed by atoms with van der Waals surface area (Å²) >= 11 is 0. The Balaban J connectivity index is 1.58. The summed E-state index contributed by atoms with van der Waals surface area (Å²) in [6, 6.07) is 0. The van der Waals surface area contributed by atoms with Crippen molar-refractivity contribution in [2.24, 2.45) is 29.1 Å². The van der Waals surface area contributed by atoms with E-state index in [1.54, 1.807) is 0 Å². The Morgan fingerprint density at radius 1 is 1.04 bits per heavy atom. The lowest BCUT2D eigenvalue weighted by atomic mass is 9.51. The molecule has 0 spiro atoms. The summed E-state index contributed by atoms with van der Waals surface area (Å²) in [5.74, 6) is 3.05. The minimum atomic E-state index is -0.326. The Kier molecular flexibility index (Phi) is 4.51. The van der Waals surface area contributed by atoms with Crippen LogP contribution in [0.1, 0.15) is 72.6 Å². The largest absolute Gasteiger partial charge is 0.459 e. The van der Waals surface area contributed by atoms with Crippen LogP contribution in [0.4, 0.5) is 0 Å². The van der Waals surface area contributed by atoms with Gasteiger partial charge in [-0.3, -0.25) is 9.59 Å². The van der Waals surface area contributed by atoms with Crippen LogP contribution in [0.15, 0.2) is 23.5 Å². The van der Waals surface area contributed by atoms with Crippen molar-refractivity contribution in [3.63, 3.8) is 0 Å². The molecule has 4 nitrogen and oxygen atoms in total. The first-order valence-electron chi connectivity index (χ1n) is 10.5. The third kappa shape index (κ3) is 2.96. The van der Waals surface area contributed by atoms with Crippen LogP contribution in [0.25, 0.3) is 0 Å². The van der Waals surface area contributed by atoms with Gasteiger partial charge in [-0.15, -0.1) is 0 Å². The number of hydrogen-bond donors (Lipinski definition) is 0. The first-order chi connectivity index (χ1) is 12.7. The summed E-state index contributed by atoms with van der Waals surface area (Å²) in [6.45, 7) is 7.54. The van der Waals surface area contributed by atoms with Gasteiger partial charge in [0.15, 0.2) is 0 Å². The Labute approximate surface area is 162 Å². The van der Waals surface area contributed by atoms with E-state index in [1.165, 1.54) is 25.8 Å². The highest BCUT2D eigenvalue weighted by atomic mass is 16.6. The molecule has 0 aliphatic heterocycles. The van der Waals surface area contributed by atoms with Crippen molar-refractivity contribution in [1.82, 2.24) is 0 Å². The second-order valence-electron chi connectivity index (χ2n) is 9.54. The second-order valence-corrected chi connectivity index (χ2v) is 9.54. The fourth-order valence-corrected chi connectivity index (χ4v) is 6.90. The molecule has 4 rings (SSSR count). The number of rotatable bonds is 2. The maximum absolute atomic E-state index is 11.7. The monoisotopic (exact) mass is 372 g/mol. The molecule has 4 aliphatic rings. The van der Waals surface area contributed by atoms with E-state index in [2.05, 4.69) is 26.0 Å². The second kappa shape index (κ2) is 6.49. The number of allylic oxidation sites excluding steroid dienone is 4. The molecule has 27 heavy (non-hydrogen) atoms. The van der Waals surface area contributed by atoms with E-state index in [4.69, 9.17) is 9.47 Å². The highest BCUT2D eigenvalue weighted by Crippen LogP contribution is 2.65. The zero-order valence-electron chi connectivity index (χ0n) is 17.0. The summed E-state index contributed by atoms with van der Waals surface area (Å²) in [6.07, 6.45) is 12.0. The molecule has 0 heterocycles. The normalized spacial score (nSPS) is 42.8. The van der Waals surface area contributed by atoms with E-state index in [-0.39, 0.29) is 23.0 Å². The van der Waals surface area contributed by atoms with Gasteiger partial charge < -0.3 is 9.47 Å². The molecule has 0 aromatic rings. The Morgan fingerprint density at radius 3 is 2.52 bits per heavy atom. The van der Waals surface area contributed by atoms with E-state index in [0.717, 1.165) is 44.3 Å². The third-order valence-corrected chi connectivity index (χ3v) is 8.27. The number of esters is 2. The van der Waals surface area contributed by atoms with Gasteiger partial charge in [0.1, 0.15) is 11.4 Å². The molecule has 0 radical (unpaired) electrons. The van der Waals surface area contributed by atoms with Crippen LogP contribution in [0.5, 0.6) is 0 Å². The van der Waals surface area contributed by atoms with Gasteiger partial charge in [-0.25, -0.2) is 0 Å². The zero-order valence-corrected chi connectivity index (χ0v) is 17.0. The molecule has 4 heteroatoms. The zero-order chi connectivity index (χ0) is 19.4. The number of carbonyl (C=O) groups is 2. The molecule has 0 N–H and O–H groups in total. The van der Waals surface area contributed by atoms with Gasteiger partial charge in [-0.2, -0.15) is 0 Å². The quantitative estimate of drug-likeness (QED) is 0.644. The van der Waals surface area contributed by atoms with Gasteiger partial charge in [0.2, 0.25) is 0 Å². The SMILES string of the molecule is CC(=O)OC1=CC2=CC[C@@H]3[C@H](CC[C@@]4(C)[C@H]3CCC4(C)OC(C)=O)[C@H]2CC1. The average molecular weight is 373 g/mol. The van der Waals surface area contributed by atoms with Crippen molar-refractivity contribution in [1.29, 1.82) is 0 Å². The van der Waals surface area contributed by atoms with Crippen molar-refractivity contribution in [2.45, 2.75) is 78.2 Å². The number of hydrogen-bond acceptors (Lipinski definition) is 4. The summed E-state index contributed by atoms with van der Waals surface area (Å²) in [5, 5.41) is 0. The molecule has 0 saturated heterocycles. The third-order valence-electron chi connectivity index (χ3n) is 8.27. The molecule has 148 valence electrons. The van der Waals surface area contributed by atoms with Crippen molar-refractivity contribution in [2.75, 3.05) is 0 Å². The van der Waals surface area contributed by atoms with E-state index < -0.39 is 0 Å². The Morgan fingerprint density at radius 2 is 1.81 bits per heavy atom. The summed E-state index contributed by atoms with van der Waals surface area (Å²) in [7, 11) is 0. The molecule has 6 atom stereocenters. The van der Waals surface area contributed by atoms with E-state index in [0.29, 0.717) is 23.7 Å². The van der Waals surface area contributed by atoms with Crippen LogP contribution in [0, 0.1) is 29.1 Å². The topological polar surface area (TPSA) is 52.6 Å². The molecule has 2 saturated carbocycles. The van der Waals surface area contributed by atoms with Gasteiger partial charge in [0.25, 0.3) is 0 Å². The summed E-state index contributed by atoms with van der Waals surface area (Å²) < 4.78 is 11.3. The van der Waals surface area contributed by atoms with Crippen LogP contribution in [0.3, 0.4) is 0 Å². The van der Waals surface area contributed by atoms with Crippen molar-refractivity contribution < 1.29 is 19.1 Å². The maximum atomic E-state index is 11.7. The lowest BCUT2D eigenvalue weighted by Gasteiger charge is -2.54. The van der Waals surface area contributed by atoms with Gasteiger partial charge >= 0.3 is 11.9 Å². The lowest BCUT2D eigenvalue weighted by molar-refractivity contribution is -0.175. The van der Waals surface area contributed by atoms with E-state index >= 15 is 0 Å². The van der Waals surface area contributed by atoms with Crippen molar-refractivity contribution in [3.05, 3.63) is 23.5 Å². The van der Waals surface area contributed by atoms with Crippen LogP contribution in [-0.2, 0) is 19.1 Å². The van der Waals surface area contributed by atoms with E-state index in [1.807, 2.05) is 0 Å². The molecule has 0 aromatic carbocycles. The fraction of sp³-hybridized carbons (Fsp3) is 0.739. The van der Waals surface area contributed by atoms with Gasteiger partial charge in [0.05, 0.1) is 0 Å². The van der Waals surface area contributed by atoms with Gasteiger partial charge in [-0.1, -0.05) is 13.0 Å². The smallest absolute Gasteiger partial charge is 0.307 e. The highest BCUT2D eigenvalue weighted by Gasteiger charge is 2.62. The van der Waals surface area contributed by atoms with Crippen molar-refractivity contribution >= 4 is 11.9 Å². The van der Waals surface area contributed by atoms with Crippen LogP contribution in [0.2, 0.25) is 0 Å². The fourth-order valence-electron chi connectivity index (χ4n) is 6.90. The molecule has 0 aromatic heterocycles. The van der Waals surface area contributed by atoms with Crippen LogP contribution in [-0.4, -0.2) is 17.5 Å². The lowest BCUT2D eigenvalue weighted by Crippen LogP contribution is -2.52. The first-order valence-corrected chi connectivity index (χ1v) is 10.5. The predicted octanol–water partition coefficient (Wildman–Crippen LogP) is 4.94. The molecule has 4 aliphatic carbocycles. The molecule has 0 bridgehead atoms. The number of carbonyl (C=O) groups excluding carboxylic acids is 2. The van der Waals surface area contributed by atoms with Crippen molar-refractivity contribution in [3.8, 4) is 0 Å². The van der Waals surface area contributed by atoms with Gasteiger partial charge in [0, 0.05) is 25.7 Å². The molecular formula is C23H32O4. The number of fused-ring (bicyclic) bond motifs is 5. The molecular weight excluding hydrogens is 340 g/mol. The van der Waals surface area contributed by atoms with Crippen LogP contribution < -0.4 is 0 Å². The molecule has 0 amide bonds. The number of ether oxygens (including phenoxy) is 2. The minimum absolute atomic E-state index is 0.0819. The minimum Gasteiger partial charge on any atom is -0.459 e. The predicted molar refractivity (Wildman–Crippen MR) is 102 cm³/mol.